The van der Waals surface area contributed by atoms with E-state index in [9.17, 15) is 9.59 Å². The van der Waals surface area contributed by atoms with Gasteiger partial charge in [0.1, 0.15) is 12.3 Å². The number of ether oxygens (including phenoxy) is 1. The zero-order chi connectivity index (χ0) is 21.1. The Hall–Kier alpha value is -3.67. The van der Waals surface area contributed by atoms with Crippen molar-refractivity contribution in [2.24, 2.45) is 0 Å². The number of hydrogen-bond acceptors (Lipinski definition) is 4. The zero-order valence-corrected chi connectivity index (χ0v) is 16.9. The molecule has 0 N–H and O–H groups in total. The number of hydrogen-bond donors (Lipinski definition) is 0. The van der Waals surface area contributed by atoms with Crippen LogP contribution in [0.25, 0.3) is 0 Å². The molecule has 6 nitrogen and oxygen atoms in total. The standard InChI is InChI=1S/C24H23N3O3/c1-17-24(29)27(20-13-6-7-14-21(20)30-17)16-22(28)26(2)23(18-10-4-3-5-11-18)19-12-8-9-15-25-19/h3-15,17,23H,16H2,1-2H3/t17-,23+/m1/s1. The molecule has 1 aromatic heterocycles. The van der Waals surface area contributed by atoms with E-state index >= 15 is 0 Å². The third-order valence-electron chi connectivity index (χ3n) is 5.23. The molecule has 0 fully saturated rings. The molecule has 4 rings (SSSR count). The molecule has 0 bridgehead atoms. The molecular weight excluding hydrogens is 378 g/mol. The summed E-state index contributed by atoms with van der Waals surface area (Å²) in [4.78, 5) is 33.7. The van der Waals surface area contributed by atoms with Gasteiger partial charge in [0.25, 0.3) is 5.91 Å². The van der Waals surface area contributed by atoms with Crippen molar-refractivity contribution in [3.05, 3.63) is 90.3 Å². The molecular formula is C24H23N3O3. The number of benzene rings is 2. The van der Waals surface area contributed by atoms with Crippen LogP contribution in [-0.4, -0.2) is 41.4 Å². The molecule has 3 aromatic rings. The molecule has 0 aliphatic carbocycles. The van der Waals surface area contributed by atoms with Crippen LogP contribution in [0.4, 0.5) is 5.69 Å². The average molecular weight is 401 g/mol. The highest BCUT2D eigenvalue weighted by molar-refractivity contribution is 6.03. The second-order valence-electron chi connectivity index (χ2n) is 7.22. The summed E-state index contributed by atoms with van der Waals surface area (Å²) in [5.74, 6) is 0.181. The first kappa shape index (κ1) is 19.6. The van der Waals surface area contributed by atoms with Gasteiger partial charge in [0.05, 0.1) is 17.4 Å². The molecule has 0 unspecified atom stereocenters. The van der Waals surface area contributed by atoms with Gasteiger partial charge in [0, 0.05) is 13.2 Å². The highest BCUT2D eigenvalue weighted by Gasteiger charge is 2.34. The van der Waals surface area contributed by atoms with Crippen molar-refractivity contribution < 1.29 is 14.3 Å². The number of likely N-dealkylation sites (N-methyl/N-ethyl adjacent to an activating group) is 1. The molecule has 6 heteroatoms. The highest BCUT2D eigenvalue weighted by Crippen LogP contribution is 2.34. The van der Waals surface area contributed by atoms with E-state index in [0.29, 0.717) is 11.4 Å². The van der Waals surface area contributed by atoms with Crippen LogP contribution in [0.2, 0.25) is 0 Å². The van der Waals surface area contributed by atoms with Crippen LogP contribution in [0, 0.1) is 0 Å². The summed E-state index contributed by atoms with van der Waals surface area (Å²) in [7, 11) is 1.74. The summed E-state index contributed by atoms with van der Waals surface area (Å²) >= 11 is 0. The minimum Gasteiger partial charge on any atom is -0.479 e. The Balaban J connectivity index is 1.64. The van der Waals surface area contributed by atoms with E-state index < -0.39 is 6.10 Å². The molecule has 0 saturated carbocycles. The Kier molecular flexibility index (Phi) is 5.48. The maximum Gasteiger partial charge on any atom is 0.268 e. The molecule has 2 atom stereocenters. The predicted molar refractivity (Wildman–Crippen MR) is 114 cm³/mol. The maximum absolute atomic E-state index is 13.3. The summed E-state index contributed by atoms with van der Waals surface area (Å²) in [5, 5.41) is 0. The lowest BCUT2D eigenvalue weighted by atomic mass is 10.0. The Morgan fingerprint density at radius 3 is 2.50 bits per heavy atom. The highest BCUT2D eigenvalue weighted by atomic mass is 16.5. The van der Waals surface area contributed by atoms with E-state index in [0.717, 1.165) is 11.3 Å². The van der Waals surface area contributed by atoms with E-state index in [1.807, 2.05) is 60.7 Å². The van der Waals surface area contributed by atoms with Gasteiger partial charge < -0.3 is 9.64 Å². The van der Waals surface area contributed by atoms with Crippen LogP contribution in [-0.2, 0) is 9.59 Å². The van der Waals surface area contributed by atoms with Crippen LogP contribution in [0.15, 0.2) is 79.0 Å². The first-order valence-electron chi connectivity index (χ1n) is 9.85. The number of rotatable bonds is 5. The van der Waals surface area contributed by atoms with Crippen molar-refractivity contribution in [3.63, 3.8) is 0 Å². The van der Waals surface area contributed by atoms with Gasteiger partial charge >= 0.3 is 0 Å². The minimum atomic E-state index is -0.640. The Morgan fingerprint density at radius 1 is 1.07 bits per heavy atom. The molecule has 2 heterocycles. The number of anilines is 1. The smallest absolute Gasteiger partial charge is 0.268 e. The summed E-state index contributed by atoms with van der Waals surface area (Å²) in [5.41, 5.74) is 2.33. The van der Waals surface area contributed by atoms with Crippen LogP contribution < -0.4 is 9.64 Å². The summed E-state index contributed by atoms with van der Waals surface area (Å²) < 4.78 is 5.68. The number of pyridine rings is 1. The fourth-order valence-corrected chi connectivity index (χ4v) is 3.68. The largest absolute Gasteiger partial charge is 0.479 e. The molecule has 152 valence electrons. The van der Waals surface area contributed by atoms with Gasteiger partial charge in [-0.15, -0.1) is 0 Å². The lowest BCUT2D eigenvalue weighted by Crippen LogP contribution is -2.49. The quantitative estimate of drug-likeness (QED) is 0.657. The number of carbonyl (C=O) groups is 2. The van der Waals surface area contributed by atoms with Gasteiger partial charge in [-0.05, 0) is 36.8 Å². The summed E-state index contributed by atoms with van der Waals surface area (Å²) in [6.45, 7) is 1.62. The maximum atomic E-state index is 13.3. The van der Waals surface area contributed by atoms with E-state index in [1.54, 1.807) is 37.2 Å². The second-order valence-corrected chi connectivity index (χ2v) is 7.22. The van der Waals surface area contributed by atoms with Crippen LogP contribution >= 0.6 is 0 Å². The van der Waals surface area contributed by atoms with Crippen molar-refractivity contribution in [1.82, 2.24) is 9.88 Å². The summed E-state index contributed by atoms with van der Waals surface area (Å²) in [6, 6.07) is 22.3. The van der Waals surface area contributed by atoms with Crippen molar-refractivity contribution >= 4 is 17.5 Å². The molecule has 1 aliphatic heterocycles. The van der Waals surface area contributed by atoms with Crippen LogP contribution in [0.5, 0.6) is 5.75 Å². The van der Waals surface area contributed by atoms with Gasteiger partial charge in [-0.3, -0.25) is 19.5 Å². The third-order valence-corrected chi connectivity index (χ3v) is 5.23. The Bertz CT molecular complexity index is 1000. The first-order chi connectivity index (χ1) is 14.6. The molecule has 0 spiro atoms. The topological polar surface area (TPSA) is 62.7 Å². The number of carbonyl (C=O) groups excluding carboxylic acids is 2. The summed E-state index contributed by atoms with van der Waals surface area (Å²) in [6.07, 6.45) is 1.08. The molecule has 0 radical (unpaired) electrons. The lowest BCUT2D eigenvalue weighted by Gasteiger charge is -2.35. The second kappa shape index (κ2) is 8.37. The number of fused-ring (bicyclic) bond motifs is 1. The normalized spacial score (nSPS) is 16.4. The Labute approximate surface area is 175 Å². The van der Waals surface area contributed by atoms with Gasteiger partial charge in [-0.1, -0.05) is 48.5 Å². The predicted octanol–water partition coefficient (Wildman–Crippen LogP) is 3.44. The van der Waals surface area contributed by atoms with Crippen molar-refractivity contribution in [1.29, 1.82) is 0 Å². The van der Waals surface area contributed by atoms with Gasteiger partial charge in [-0.2, -0.15) is 0 Å². The van der Waals surface area contributed by atoms with Crippen molar-refractivity contribution in [2.45, 2.75) is 19.1 Å². The molecule has 0 saturated heterocycles. The lowest BCUT2D eigenvalue weighted by molar-refractivity contribution is -0.133. The number of amides is 2. The first-order valence-corrected chi connectivity index (χ1v) is 9.85. The van der Waals surface area contributed by atoms with E-state index in [4.69, 9.17) is 4.74 Å². The number of para-hydroxylation sites is 2. The van der Waals surface area contributed by atoms with Gasteiger partial charge in [0.2, 0.25) is 5.91 Å². The fraction of sp³-hybridized carbons (Fsp3) is 0.208. The fourth-order valence-electron chi connectivity index (χ4n) is 3.68. The molecule has 2 amide bonds. The van der Waals surface area contributed by atoms with Gasteiger partial charge in [-0.25, -0.2) is 0 Å². The van der Waals surface area contributed by atoms with Gasteiger partial charge in [0.15, 0.2) is 6.10 Å². The molecule has 2 aromatic carbocycles. The number of nitrogens with zero attached hydrogens (tertiary/aromatic N) is 3. The SMILES string of the molecule is C[C@H]1Oc2ccccc2N(CC(=O)N(C)[C@@H](c2ccccc2)c2ccccn2)C1=O. The van der Waals surface area contributed by atoms with Crippen LogP contribution in [0.3, 0.4) is 0 Å². The number of aromatic nitrogens is 1. The molecule has 30 heavy (non-hydrogen) atoms. The van der Waals surface area contributed by atoms with Crippen LogP contribution in [0.1, 0.15) is 24.2 Å². The Morgan fingerprint density at radius 2 is 1.77 bits per heavy atom. The minimum absolute atomic E-state index is 0.0732. The monoisotopic (exact) mass is 401 g/mol. The molecule has 1 aliphatic rings. The third kappa shape index (κ3) is 3.76. The van der Waals surface area contributed by atoms with E-state index in [-0.39, 0.29) is 24.4 Å². The van der Waals surface area contributed by atoms with E-state index in [2.05, 4.69) is 4.98 Å². The van der Waals surface area contributed by atoms with Crippen molar-refractivity contribution in [2.75, 3.05) is 18.5 Å². The average Bonchev–Trinajstić information content (AvgIpc) is 2.78. The zero-order valence-electron chi connectivity index (χ0n) is 16.9. The van der Waals surface area contributed by atoms with Crippen molar-refractivity contribution in [3.8, 4) is 5.75 Å². The van der Waals surface area contributed by atoms with E-state index in [1.165, 1.54) is 4.90 Å².